The standard InChI is InChI=1S/C70H125N11O13S/c1-27-29-31-45(13)57(83)56-53(82)37-48(28-2)62(88)81(26)68(95-39-70(74(18)19)32-30-33-70)67(93)78(23)52(38-69(16,17)94)60(86)73-54(43(9)10)65(91)75(20)49(34-40(3)4)59(85)71-46(14)58(84)72-47(15)61(87)76(21)50(35-41(5)6)63(89)77(22)51(36-42(7)8)64(90)79(24)55(44(11)12)66(92)80(56)25/h27,29,40-52,54-57,68,83,94H,28,30-39H2,1-26H3,(H,71,85)(H,72,84)(H,73,86)/b29-27+/t45-,46-,47+,48+,49-,50-,51-,52+,54-,55-,56?,57-,68-/m1/s1. The lowest BCUT2D eigenvalue weighted by atomic mass is 9.77. The fraction of sp³-hybridized carbons (Fsp3) is 0.814. The SMILES string of the molecule is C/C=C/C[C@@H](C)[C@@H](O)C1C(=O)C[C@H](CC)C(=O)N(C)[C@H](SCC2(N(C)C)CCC2)C(=O)N(C)[C@@H](CC(C)(C)O)C(=O)N[C@H](C(C)C)C(=O)N(C)[C@H](CC(C)C)C(=O)N[C@H](C)C(=O)N[C@@H](C)C(=O)N(C)[C@H](CC(C)C)C(=O)N(C)[C@H](CC(C)C)C(=O)N(C)[C@H](C(C)C)C(=O)N1C. The van der Waals surface area contributed by atoms with Crippen molar-refractivity contribution in [2.45, 2.75) is 259 Å². The lowest BCUT2D eigenvalue weighted by Gasteiger charge is -2.48. The van der Waals surface area contributed by atoms with Crippen molar-refractivity contribution in [1.82, 2.24) is 55.1 Å². The van der Waals surface area contributed by atoms with Gasteiger partial charge in [0.15, 0.2) is 11.2 Å². The molecule has 544 valence electrons. The van der Waals surface area contributed by atoms with E-state index in [-0.39, 0.29) is 55.4 Å². The predicted octanol–water partition coefficient (Wildman–Crippen LogP) is 5.02. The minimum Gasteiger partial charge on any atom is -0.390 e. The van der Waals surface area contributed by atoms with Crippen LogP contribution in [0.5, 0.6) is 0 Å². The van der Waals surface area contributed by atoms with Gasteiger partial charge in [0, 0.05) is 79.4 Å². The lowest BCUT2D eigenvalue weighted by Crippen LogP contribution is -2.62. The van der Waals surface area contributed by atoms with Gasteiger partial charge in [-0.15, -0.1) is 11.8 Å². The van der Waals surface area contributed by atoms with Gasteiger partial charge in [-0.2, -0.15) is 0 Å². The molecule has 1 saturated carbocycles. The highest BCUT2D eigenvalue weighted by molar-refractivity contribution is 8.00. The number of aliphatic hydroxyl groups is 2. The molecule has 0 radical (unpaired) electrons. The number of likely N-dealkylation sites (N-methyl/N-ethyl adjacent to an activating group) is 7. The molecular formula is C70H125N11O13S. The molecule has 24 nitrogen and oxygen atoms in total. The monoisotopic (exact) mass is 1360 g/mol. The molecule has 1 saturated heterocycles. The normalized spacial score (nSPS) is 27.7. The van der Waals surface area contributed by atoms with E-state index < -0.39 is 166 Å². The van der Waals surface area contributed by atoms with Gasteiger partial charge in [0.05, 0.1) is 11.7 Å². The Morgan fingerprint density at radius 3 is 1.46 bits per heavy atom. The first-order chi connectivity index (χ1) is 43.8. The Hall–Kier alpha value is -5.66. The highest BCUT2D eigenvalue weighted by Crippen LogP contribution is 2.41. The topological polar surface area (TPSA) is 290 Å². The largest absolute Gasteiger partial charge is 0.390 e. The van der Waals surface area contributed by atoms with Crippen LogP contribution in [0, 0.1) is 41.4 Å². The van der Waals surface area contributed by atoms with Crippen LogP contribution in [0.15, 0.2) is 12.2 Å². The number of nitrogens with zero attached hydrogens (tertiary/aromatic N) is 8. The van der Waals surface area contributed by atoms with E-state index >= 15 is 33.6 Å². The third kappa shape index (κ3) is 23.0. The van der Waals surface area contributed by atoms with Crippen molar-refractivity contribution in [3.05, 3.63) is 12.2 Å². The summed E-state index contributed by atoms with van der Waals surface area (Å²) in [5, 5.41) is 30.8. The summed E-state index contributed by atoms with van der Waals surface area (Å²) in [5.41, 5.74) is -1.92. The van der Waals surface area contributed by atoms with Crippen LogP contribution >= 0.6 is 11.8 Å². The molecule has 0 bridgehead atoms. The quantitative estimate of drug-likeness (QED) is 0.106. The second-order valence-corrected chi connectivity index (χ2v) is 31.2. The maximum atomic E-state index is 15.6. The van der Waals surface area contributed by atoms with Crippen LogP contribution in [0.25, 0.3) is 0 Å². The van der Waals surface area contributed by atoms with Crippen molar-refractivity contribution >= 4 is 76.6 Å². The number of allylic oxidation sites excluding steroid dienone is 2. The van der Waals surface area contributed by atoms with Crippen molar-refractivity contribution in [3.63, 3.8) is 0 Å². The first-order valence-corrected chi connectivity index (χ1v) is 35.4. The van der Waals surface area contributed by atoms with Gasteiger partial charge in [0.1, 0.15) is 54.4 Å². The third-order valence-corrected chi connectivity index (χ3v) is 20.8. The van der Waals surface area contributed by atoms with Crippen LogP contribution in [0.2, 0.25) is 0 Å². The molecule has 1 heterocycles. The molecule has 1 unspecified atom stereocenters. The van der Waals surface area contributed by atoms with E-state index in [1.165, 1.54) is 118 Å². The van der Waals surface area contributed by atoms with Gasteiger partial charge >= 0.3 is 0 Å². The number of amides is 10. The molecule has 1 aliphatic heterocycles. The molecule has 10 amide bonds. The molecule has 0 aromatic rings. The number of Topliss-reactive ketones (excluding diaryl/α,β-unsaturated/α-hetero) is 1. The Labute approximate surface area is 573 Å². The van der Waals surface area contributed by atoms with Gasteiger partial charge in [-0.3, -0.25) is 52.7 Å². The van der Waals surface area contributed by atoms with Crippen molar-refractivity contribution in [1.29, 1.82) is 0 Å². The van der Waals surface area contributed by atoms with Crippen molar-refractivity contribution in [2.24, 2.45) is 41.4 Å². The molecule has 0 spiro atoms. The first kappa shape index (κ1) is 85.4. The van der Waals surface area contributed by atoms with E-state index in [1.807, 2.05) is 68.6 Å². The number of nitrogens with one attached hydrogen (secondary N) is 3. The molecule has 0 aromatic heterocycles. The van der Waals surface area contributed by atoms with E-state index in [0.29, 0.717) is 12.2 Å². The first-order valence-electron chi connectivity index (χ1n) is 34.4. The minimum atomic E-state index is -1.58. The summed E-state index contributed by atoms with van der Waals surface area (Å²) >= 11 is 1.20. The zero-order chi connectivity index (χ0) is 73.4. The molecule has 2 fully saturated rings. The zero-order valence-corrected chi connectivity index (χ0v) is 63.5. The Bertz CT molecular complexity index is 2660. The number of carbonyl (C=O) groups is 11. The summed E-state index contributed by atoms with van der Waals surface area (Å²) in [4.78, 5) is 176. The van der Waals surface area contributed by atoms with Crippen LogP contribution in [-0.2, 0) is 52.7 Å². The number of carbonyl (C=O) groups excluding carboxylic acids is 11. The Morgan fingerprint density at radius 2 is 1.02 bits per heavy atom. The van der Waals surface area contributed by atoms with Gasteiger partial charge in [-0.25, -0.2) is 0 Å². The number of ketones is 1. The van der Waals surface area contributed by atoms with Gasteiger partial charge in [-0.05, 0) is 136 Å². The number of thioether (sulfide) groups is 1. The smallest absolute Gasteiger partial charge is 0.256 e. The zero-order valence-electron chi connectivity index (χ0n) is 62.7. The average Bonchev–Trinajstić information content (AvgIpc) is 0.807. The summed E-state index contributed by atoms with van der Waals surface area (Å²) in [5.74, 6) is -10.4. The van der Waals surface area contributed by atoms with Crippen LogP contribution in [0.4, 0.5) is 0 Å². The molecule has 1 aliphatic carbocycles. The third-order valence-electron chi connectivity index (χ3n) is 19.3. The maximum Gasteiger partial charge on any atom is 0.256 e. The molecule has 5 N–H and O–H groups in total. The minimum absolute atomic E-state index is 0.0828. The van der Waals surface area contributed by atoms with Crippen molar-refractivity contribution in [2.75, 3.05) is 69.2 Å². The van der Waals surface area contributed by atoms with Gasteiger partial charge in [0.25, 0.3) is 5.91 Å². The van der Waals surface area contributed by atoms with Crippen LogP contribution in [-0.4, -0.2) is 260 Å². The molecule has 95 heavy (non-hydrogen) atoms. The molecule has 13 atom stereocenters. The number of hydrogen-bond acceptors (Lipinski definition) is 15. The van der Waals surface area contributed by atoms with Crippen molar-refractivity contribution < 1.29 is 63.0 Å². The number of rotatable bonds is 19. The summed E-state index contributed by atoms with van der Waals surface area (Å²) in [7, 11) is 13.9. The second kappa shape index (κ2) is 37.3. The molecule has 2 rings (SSSR count). The summed E-state index contributed by atoms with van der Waals surface area (Å²) < 4.78 is 0. The molecule has 2 aliphatic rings. The van der Waals surface area contributed by atoms with E-state index in [4.69, 9.17) is 0 Å². The molecule has 25 heteroatoms. The second-order valence-electron chi connectivity index (χ2n) is 30.1. The number of aliphatic hydroxyl groups excluding tert-OH is 1. The van der Waals surface area contributed by atoms with Gasteiger partial charge in [-0.1, -0.05) is 95.2 Å². The Morgan fingerprint density at radius 1 is 0.568 bits per heavy atom. The van der Waals surface area contributed by atoms with Crippen LogP contribution < -0.4 is 16.0 Å². The van der Waals surface area contributed by atoms with Crippen LogP contribution in [0.1, 0.15) is 182 Å². The number of hydrogen-bond donors (Lipinski definition) is 5. The van der Waals surface area contributed by atoms with E-state index in [1.54, 1.807) is 47.6 Å². The fourth-order valence-corrected chi connectivity index (χ4v) is 14.4. The van der Waals surface area contributed by atoms with Crippen molar-refractivity contribution in [3.8, 4) is 0 Å². The molecule has 0 aromatic carbocycles. The highest BCUT2D eigenvalue weighted by atomic mass is 32.2. The Balaban J connectivity index is 3.16. The highest BCUT2D eigenvalue weighted by Gasteiger charge is 2.48. The fourth-order valence-electron chi connectivity index (χ4n) is 12.7. The van der Waals surface area contributed by atoms with E-state index in [2.05, 4.69) is 20.9 Å². The van der Waals surface area contributed by atoms with E-state index in [0.717, 1.165) is 24.2 Å². The van der Waals surface area contributed by atoms with Crippen LogP contribution in [0.3, 0.4) is 0 Å². The summed E-state index contributed by atoms with van der Waals surface area (Å²) in [6.07, 6.45) is 4.70. The Kier molecular flexibility index (Phi) is 33.6. The van der Waals surface area contributed by atoms with Gasteiger partial charge < -0.3 is 65.4 Å². The molecular weight excluding hydrogens is 1230 g/mol. The average molecular weight is 1360 g/mol. The summed E-state index contributed by atoms with van der Waals surface area (Å²) in [6, 6.07) is -11.6. The maximum absolute atomic E-state index is 15.6. The van der Waals surface area contributed by atoms with E-state index in [9.17, 15) is 29.4 Å². The predicted molar refractivity (Wildman–Crippen MR) is 373 cm³/mol. The van der Waals surface area contributed by atoms with Gasteiger partial charge in [0.2, 0.25) is 53.2 Å². The lowest BCUT2D eigenvalue weighted by molar-refractivity contribution is -0.157. The summed E-state index contributed by atoms with van der Waals surface area (Å²) in [6.45, 7) is 29.2.